The zero-order valence-electron chi connectivity index (χ0n) is 45.0. The fourth-order valence-corrected chi connectivity index (χ4v) is 9.27. The number of rotatable bonds is 48. The molecule has 0 aromatic rings. The van der Waals surface area contributed by atoms with Crippen LogP contribution >= 0.6 is 7.82 Å². The van der Waals surface area contributed by atoms with E-state index in [4.69, 9.17) is 18.5 Å². The van der Waals surface area contributed by atoms with Crippen molar-refractivity contribution in [3.63, 3.8) is 0 Å². The second-order valence-electron chi connectivity index (χ2n) is 19.4. The predicted molar refractivity (Wildman–Crippen MR) is 294 cm³/mol. The van der Waals surface area contributed by atoms with Gasteiger partial charge >= 0.3 is 13.8 Å². The van der Waals surface area contributed by atoms with Crippen molar-refractivity contribution in [3.8, 4) is 0 Å². The summed E-state index contributed by atoms with van der Waals surface area (Å²) < 4.78 is 34.4. The van der Waals surface area contributed by atoms with Gasteiger partial charge in [0, 0.05) is 13.0 Å². The highest BCUT2D eigenvalue weighted by Gasteiger charge is 2.51. The van der Waals surface area contributed by atoms with Crippen molar-refractivity contribution in [1.82, 2.24) is 0 Å². The van der Waals surface area contributed by atoms with E-state index in [0.717, 1.165) is 103 Å². The van der Waals surface area contributed by atoms with Gasteiger partial charge in [0.25, 0.3) is 0 Å². The number of hydrogen-bond acceptors (Lipinski definition) is 11. The molecule has 6 atom stereocenters. The molecule has 12 nitrogen and oxygen atoms in total. The van der Waals surface area contributed by atoms with Gasteiger partial charge in [-0.3, -0.25) is 13.8 Å². The van der Waals surface area contributed by atoms with Crippen molar-refractivity contribution in [2.24, 2.45) is 0 Å². The van der Waals surface area contributed by atoms with E-state index < -0.39 is 63.1 Å². The van der Waals surface area contributed by atoms with Crippen LogP contribution in [0, 0.1) is 0 Å². The Kier molecular flexibility index (Phi) is 45.2. The van der Waals surface area contributed by atoms with Gasteiger partial charge in [-0.25, -0.2) is 4.57 Å². The van der Waals surface area contributed by atoms with Crippen LogP contribution < -0.4 is 0 Å². The van der Waals surface area contributed by atoms with Gasteiger partial charge in [-0.1, -0.05) is 208 Å². The van der Waals surface area contributed by atoms with Gasteiger partial charge in [0.15, 0.2) is 0 Å². The average molecular weight is 1040 g/mol. The molecule has 0 radical (unpaired) electrons. The Bertz CT molecular complexity index is 1510. The van der Waals surface area contributed by atoms with Crippen LogP contribution in [0.2, 0.25) is 0 Å². The third kappa shape index (κ3) is 39.0. The van der Waals surface area contributed by atoms with E-state index in [1.807, 2.05) is 0 Å². The highest BCUT2D eigenvalue weighted by molar-refractivity contribution is 7.47. The average Bonchev–Trinajstić information content (AvgIpc) is 3.37. The predicted octanol–water partition coefficient (Wildman–Crippen LogP) is 13.7. The van der Waals surface area contributed by atoms with Crippen molar-refractivity contribution < 1.29 is 58.3 Å². The topological polar surface area (TPSA) is 192 Å². The first-order valence-corrected chi connectivity index (χ1v) is 29.9. The summed E-state index contributed by atoms with van der Waals surface area (Å²) in [6, 6.07) is 0. The zero-order valence-corrected chi connectivity index (χ0v) is 45.8. The molecule has 6 N–H and O–H groups in total. The maximum Gasteiger partial charge on any atom is 0.472 e. The Labute approximate surface area is 437 Å². The summed E-state index contributed by atoms with van der Waals surface area (Å²) >= 11 is 0. The Hall–Kier alpha value is -2.48. The summed E-state index contributed by atoms with van der Waals surface area (Å²) in [5.41, 5.74) is 0. The summed E-state index contributed by atoms with van der Waals surface area (Å²) in [5.74, 6) is -0.486. The van der Waals surface area contributed by atoms with Crippen LogP contribution in [0.3, 0.4) is 0 Å². The Morgan fingerprint density at radius 3 is 1.25 bits per heavy atom. The number of phosphoric ester groups is 1. The lowest BCUT2D eigenvalue weighted by atomic mass is 9.85. The largest absolute Gasteiger partial charge is 0.472 e. The molecular formula is C59H103O12P. The number of esters is 1. The molecule has 0 heterocycles. The van der Waals surface area contributed by atoms with E-state index in [1.54, 1.807) is 0 Å². The molecule has 416 valence electrons. The smallest absolute Gasteiger partial charge is 0.457 e. The number of carbonyl (C=O) groups excluding carboxylic acids is 1. The summed E-state index contributed by atoms with van der Waals surface area (Å²) in [6.45, 7) is 4.12. The van der Waals surface area contributed by atoms with Crippen LogP contribution in [0.5, 0.6) is 0 Å². The third-order valence-electron chi connectivity index (χ3n) is 12.8. The molecule has 72 heavy (non-hydrogen) atoms. The molecule has 0 aliphatic heterocycles. The highest BCUT2D eigenvalue weighted by Crippen LogP contribution is 2.47. The first-order chi connectivity index (χ1) is 35.0. The van der Waals surface area contributed by atoms with E-state index in [-0.39, 0.29) is 13.0 Å². The Morgan fingerprint density at radius 1 is 0.458 bits per heavy atom. The monoisotopic (exact) mass is 1030 g/mol. The van der Waals surface area contributed by atoms with Gasteiger partial charge in [-0.2, -0.15) is 0 Å². The molecule has 0 aromatic heterocycles. The van der Waals surface area contributed by atoms with Crippen LogP contribution in [0.15, 0.2) is 85.1 Å². The molecule has 0 saturated heterocycles. The molecular weight excluding hydrogens is 932 g/mol. The standard InChI is InChI=1S/C59H103O12P/c1-3-5-7-9-11-13-15-17-19-21-23-25-27-28-30-32-34-36-38-40-42-44-46-48-53(60)70-52(51-69-72(66,67)71-59-57(64)55(62)54(61)56(63)58(59)65)50-68-49-47-45-43-41-39-37-35-33-31-29-26-24-22-20-18-16-14-12-10-8-6-4-2/h6,8,12,14-15,17-18,20-21,23-24,26,31,33,52,54-59,61-65H,3-5,7,9-11,13,16,19,22,25,27-30,32,34-51H2,1-2H3,(H,66,67)/b8-6-,14-12-,17-15-,20-18-,23-21-,26-24-,33-31-. The van der Waals surface area contributed by atoms with Gasteiger partial charge in [-0.15, -0.1) is 0 Å². The molecule has 6 unspecified atom stereocenters. The van der Waals surface area contributed by atoms with Crippen LogP contribution in [-0.2, 0) is 27.9 Å². The molecule has 1 aliphatic carbocycles. The summed E-state index contributed by atoms with van der Waals surface area (Å²) in [7, 11) is -5.04. The molecule has 1 aliphatic rings. The van der Waals surface area contributed by atoms with Gasteiger partial charge < -0.3 is 39.9 Å². The number of aliphatic hydroxyl groups excluding tert-OH is 5. The van der Waals surface area contributed by atoms with Crippen LogP contribution in [-0.4, -0.2) is 98.9 Å². The van der Waals surface area contributed by atoms with E-state index in [0.29, 0.717) is 13.0 Å². The zero-order chi connectivity index (χ0) is 52.6. The minimum absolute atomic E-state index is 0.0917. The lowest BCUT2D eigenvalue weighted by Gasteiger charge is -2.41. The van der Waals surface area contributed by atoms with Gasteiger partial charge in [0.1, 0.15) is 42.7 Å². The second-order valence-corrected chi connectivity index (χ2v) is 20.8. The number of phosphoric acid groups is 1. The minimum Gasteiger partial charge on any atom is -0.457 e. The van der Waals surface area contributed by atoms with Crippen LogP contribution in [0.1, 0.15) is 219 Å². The van der Waals surface area contributed by atoms with E-state index in [2.05, 4.69) is 98.9 Å². The van der Waals surface area contributed by atoms with Crippen LogP contribution in [0.25, 0.3) is 0 Å². The quantitative estimate of drug-likeness (QED) is 0.0146. The first kappa shape index (κ1) is 67.5. The van der Waals surface area contributed by atoms with Gasteiger partial charge in [0.05, 0.1) is 13.2 Å². The van der Waals surface area contributed by atoms with Crippen molar-refractivity contribution >= 4 is 13.8 Å². The van der Waals surface area contributed by atoms with Crippen LogP contribution in [0.4, 0.5) is 0 Å². The Balaban J connectivity index is 2.32. The van der Waals surface area contributed by atoms with Crippen molar-refractivity contribution in [2.45, 2.75) is 262 Å². The van der Waals surface area contributed by atoms with E-state index >= 15 is 0 Å². The highest BCUT2D eigenvalue weighted by atomic mass is 31.2. The number of allylic oxidation sites excluding steroid dienone is 14. The molecule has 1 rings (SSSR count). The summed E-state index contributed by atoms with van der Waals surface area (Å²) in [6.07, 6.45) is 53.6. The molecule has 1 saturated carbocycles. The fourth-order valence-electron chi connectivity index (χ4n) is 8.30. The minimum atomic E-state index is -5.04. The molecule has 0 aromatic carbocycles. The van der Waals surface area contributed by atoms with Crippen molar-refractivity contribution in [2.75, 3.05) is 19.8 Å². The number of carbonyl (C=O) groups is 1. The fraction of sp³-hybridized carbons (Fsp3) is 0.746. The van der Waals surface area contributed by atoms with Crippen molar-refractivity contribution in [3.05, 3.63) is 85.1 Å². The SMILES string of the molecule is CC/C=C\C/C=C\C/C=C\C/C=C\C/C=C\CCCCCCCCOCC(COP(=O)(O)OC1C(O)C(O)C(O)C(O)C1O)OC(=O)CCCCCCCCCCCCC/C=C\C/C=C\CCCCCCC. The number of ether oxygens (including phenoxy) is 2. The van der Waals surface area contributed by atoms with Crippen molar-refractivity contribution in [1.29, 1.82) is 0 Å². The number of hydrogen-bond donors (Lipinski definition) is 6. The van der Waals surface area contributed by atoms with Gasteiger partial charge in [-0.05, 0) is 89.9 Å². The lowest BCUT2D eigenvalue weighted by Crippen LogP contribution is -2.64. The molecule has 1 fully saturated rings. The normalized spacial score (nSPS) is 21.3. The maximum atomic E-state index is 12.9. The van der Waals surface area contributed by atoms with E-state index in [9.17, 15) is 39.8 Å². The molecule has 0 spiro atoms. The third-order valence-corrected chi connectivity index (χ3v) is 13.7. The molecule has 0 bridgehead atoms. The first-order valence-electron chi connectivity index (χ1n) is 28.4. The van der Waals surface area contributed by atoms with Gasteiger partial charge in [0.2, 0.25) is 0 Å². The molecule has 13 heteroatoms. The number of unbranched alkanes of at least 4 members (excludes halogenated alkanes) is 22. The Morgan fingerprint density at radius 2 is 0.819 bits per heavy atom. The maximum absolute atomic E-state index is 12.9. The second kappa shape index (κ2) is 48.2. The lowest BCUT2D eigenvalue weighted by molar-refractivity contribution is -0.220. The van der Waals surface area contributed by atoms with E-state index in [1.165, 1.54) is 89.9 Å². The number of aliphatic hydroxyl groups is 5. The molecule has 0 amide bonds. The summed E-state index contributed by atoms with van der Waals surface area (Å²) in [4.78, 5) is 23.3. The summed E-state index contributed by atoms with van der Waals surface area (Å²) in [5, 5.41) is 50.4.